The first-order valence-corrected chi connectivity index (χ1v) is 20.4. The van der Waals surface area contributed by atoms with E-state index in [1.54, 1.807) is 21.2 Å². The van der Waals surface area contributed by atoms with Gasteiger partial charge in [-0.1, -0.05) is 163 Å². The molecular formula is C32H56AuP4+. The predicted octanol–water partition coefficient (Wildman–Crippen LogP) is 9.51. The van der Waals surface area contributed by atoms with Gasteiger partial charge in [0.25, 0.3) is 0 Å². The monoisotopic (exact) mass is 761 g/mol. The van der Waals surface area contributed by atoms with Gasteiger partial charge in [0.05, 0.1) is 0 Å². The molecule has 0 saturated heterocycles. The van der Waals surface area contributed by atoms with Gasteiger partial charge in [0.15, 0.2) is 0 Å². The summed E-state index contributed by atoms with van der Waals surface area (Å²) in [5.41, 5.74) is 0. The normalized spacial score (nSPS) is 16.0. The van der Waals surface area contributed by atoms with E-state index in [4.69, 9.17) is 0 Å². The van der Waals surface area contributed by atoms with Crippen LogP contribution in [0.4, 0.5) is 0 Å². The summed E-state index contributed by atoms with van der Waals surface area (Å²) in [4.78, 5) is 0. The predicted molar refractivity (Wildman–Crippen MR) is 182 cm³/mol. The van der Waals surface area contributed by atoms with Crippen molar-refractivity contribution in [1.29, 1.82) is 0 Å². The van der Waals surface area contributed by atoms with Gasteiger partial charge in [0.1, 0.15) is 0 Å². The Bertz CT molecular complexity index is 801. The van der Waals surface area contributed by atoms with E-state index in [1.165, 1.54) is 0 Å². The molecule has 0 nitrogen and oxygen atoms in total. The molecule has 0 spiro atoms. The molecule has 2 aromatic rings. The van der Waals surface area contributed by atoms with E-state index in [9.17, 15) is 0 Å². The SMILES string of the molecule is C[P@@](c1ccccc1[P@](C)C(C)(C)C)C(C)(C)C.C[P@@](c1ccccc1[P@](C)C(C)(C)C)C(C)(C)C.[Au+]. The number of rotatable bonds is 4. The first-order valence-electron chi connectivity index (χ1n) is 13.2. The molecule has 0 aliphatic rings. The molecule has 5 heteroatoms. The van der Waals surface area contributed by atoms with Crippen molar-refractivity contribution in [3.8, 4) is 0 Å². The van der Waals surface area contributed by atoms with Crippen LogP contribution in [0.2, 0.25) is 0 Å². The van der Waals surface area contributed by atoms with Crippen LogP contribution >= 0.6 is 31.7 Å². The maximum atomic E-state index is 2.43. The molecule has 37 heavy (non-hydrogen) atoms. The van der Waals surface area contributed by atoms with Crippen molar-refractivity contribution >= 4 is 52.9 Å². The molecule has 2 rings (SSSR count). The molecule has 0 unspecified atom stereocenters. The van der Waals surface area contributed by atoms with E-state index >= 15 is 0 Å². The van der Waals surface area contributed by atoms with Gasteiger partial charge in [-0.3, -0.25) is 0 Å². The topological polar surface area (TPSA) is 0 Å². The fraction of sp³-hybridized carbons (Fsp3) is 0.625. The summed E-state index contributed by atoms with van der Waals surface area (Å²) in [6.45, 7) is 38.1. The van der Waals surface area contributed by atoms with E-state index in [0.717, 1.165) is 0 Å². The summed E-state index contributed by atoms with van der Waals surface area (Å²) >= 11 is 0. The summed E-state index contributed by atoms with van der Waals surface area (Å²) in [5, 5.41) is 8.01. The average Bonchev–Trinajstić information content (AvgIpc) is 2.75. The van der Waals surface area contributed by atoms with Crippen LogP contribution in [0.5, 0.6) is 0 Å². The fourth-order valence-electron chi connectivity index (χ4n) is 3.51. The summed E-state index contributed by atoms with van der Waals surface area (Å²) in [7, 11) is -0.404. The molecule has 0 aliphatic heterocycles. The molecular weight excluding hydrogens is 705 g/mol. The minimum Gasteiger partial charge on any atom is -0.0723 e. The Morgan fingerprint density at radius 2 is 0.486 bits per heavy atom. The minimum atomic E-state index is -0.101. The van der Waals surface area contributed by atoms with Gasteiger partial charge >= 0.3 is 22.4 Å². The van der Waals surface area contributed by atoms with Gasteiger partial charge < -0.3 is 0 Å². The first-order chi connectivity index (χ1) is 16.1. The molecule has 0 fully saturated rings. The third-order valence-corrected chi connectivity index (χ3v) is 20.1. The Balaban J connectivity index is 0.000000682. The molecule has 0 bridgehead atoms. The van der Waals surface area contributed by atoms with E-state index in [-0.39, 0.29) is 54.1 Å². The van der Waals surface area contributed by atoms with Crippen LogP contribution in [0.15, 0.2) is 48.5 Å². The van der Waals surface area contributed by atoms with Gasteiger partial charge in [-0.05, 0) is 68.5 Å². The van der Waals surface area contributed by atoms with Crippen molar-refractivity contribution in [2.75, 3.05) is 26.7 Å². The number of benzene rings is 2. The number of hydrogen-bond acceptors (Lipinski definition) is 0. The van der Waals surface area contributed by atoms with Crippen LogP contribution in [0, 0.1) is 0 Å². The largest absolute Gasteiger partial charge is 1.00 e. The average molecular weight is 762 g/mol. The Labute approximate surface area is 252 Å². The van der Waals surface area contributed by atoms with Gasteiger partial charge in [0, 0.05) is 0 Å². The van der Waals surface area contributed by atoms with Crippen LogP contribution in [0.25, 0.3) is 0 Å². The minimum absolute atomic E-state index is 0. The second kappa shape index (κ2) is 14.7. The van der Waals surface area contributed by atoms with Crippen molar-refractivity contribution in [2.24, 2.45) is 0 Å². The van der Waals surface area contributed by atoms with Crippen molar-refractivity contribution < 1.29 is 22.4 Å². The second-order valence-corrected chi connectivity index (χ2v) is 25.7. The molecule has 0 aromatic heterocycles. The molecule has 0 aliphatic carbocycles. The standard InChI is InChI=1S/2C16H28P2.Au/c2*1-15(2,3)17(7)13-11-9-10-12-14(13)18(8)16(4,5)6;/h2*9-12H,1-8H3;/q;;+1/t2*17-,18-;/m00./s1. The maximum Gasteiger partial charge on any atom is 1.00 e. The third-order valence-electron chi connectivity index (χ3n) is 7.23. The molecule has 214 valence electrons. The molecule has 4 atom stereocenters. The molecule has 0 heterocycles. The zero-order chi connectivity index (χ0) is 28.3. The Kier molecular flexibility index (Phi) is 15.0. The zero-order valence-corrected chi connectivity index (χ0v) is 32.5. The number of hydrogen-bond donors (Lipinski definition) is 0. The maximum absolute atomic E-state index is 2.43. The summed E-state index contributed by atoms with van der Waals surface area (Å²) in [5.74, 6) is 0. The molecule has 0 saturated carbocycles. The summed E-state index contributed by atoms with van der Waals surface area (Å²) in [6, 6.07) is 18.2. The third kappa shape index (κ3) is 11.4. The zero-order valence-electron chi connectivity index (χ0n) is 26.7. The van der Waals surface area contributed by atoms with Crippen LogP contribution in [0.3, 0.4) is 0 Å². The van der Waals surface area contributed by atoms with Crippen molar-refractivity contribution in [1.82, 2.24) is 0 Å². The van der Waals surface area contributed by atoms with Gasteiger partial charge in [-0.15, -0.1) is 0 Å². The van der Waals surface area contributed by atoms with E-state index in [1.807, 2.05) is 0 Å². The van der Waals surface area contributed by atoms with Crippen molar-refractivity contribution in [3.63, 3.8) is 0 Å². The summed E-state index contributed by atoms with van der Waals surface area (Å²) < 4.78 is 0. The van der Waals surface area contributed by atoms with E-state index in [2.05, 4.69) is 158 Å². The van der Waals surface area contributed by atoms with Crippen LogP contribution in [-0.4, -0.2) is 47.3 Å². The summed E-state index contributed by atoms with van der Waals surface area (Å²) in [6.07, 6.45) is 0. The Morgan fingerprint density at radius 1 is 0.351 bits per heavy atom. The first kappa shape index (κ1) is 37.9. The van der Waals surface area contributed by atoms with Gasteiger partial charge in [-0.2, -0.15) is 0 Å². The van der Waals surface area contributed by atoms with Crippen molar-refractivity contribution in [3.05, 3.63) is 48.5 Å². The van der Waals surface area contributed by atoms with Gasteiger partial charge in [0.2, 0.25) is 0 Å². The molecule has 0 amide bonds. The van der Waals surface area contributed by atoms with Gasteiger partial charge in [-0.25, -0.2) is 0 Å². The Morgan fingerprint density at radius 3 is 0.595 bits per heavy atom. The Hall–Kier alpha value is 0.900. The smallest absolute Gasteiger partial charge is 0.0723 e. The van der Waals surface area contributed by atoms with Crippen LogP contribution in [-0.2, 0) is 22.4 Å². The van der Waals surface area contributed by atoms with Crippen LogP contribution in [0.1, 0.15) is 83.1 Å². The van der Waals surface area contributed by atoms with Crippen LogP contribution < -0.4 is 21.2 Å². The van der Waals surface area contributed by atoms with E-state index in [0.29, 0.717) is 20.6 Å². The van der Waals surface area contributed by atoms with Crippen molar-refractivity contribution in [2.45, 2.75) is 104 Å². The quantitative estimate of drug-likeness (QED) is 0.215. The fourth-order valence-corrected chi connectivity index (χ4v) is 11.1. The molecule has 0 N–H and O–H groups in total. The molecule has 2 aromatic carbocycles. The molecule has 0 radical (unpaired) electrons. The second-order valence-electron chi connectivity index (χ2n) is 13.9. The van der Waals surface area contributed by atoms with E-state index < -0.39 is 0 Å².